The summed E-state index contributed by atoms with van der Waals surface area (Å²) in [5.74, 6) is 0.251. The van der Waals surface area contributed by atoms with Gasteiger partial charge in [0.25, 0.3) is 0 Å². The number of carbonyl (C=O) groups is 1. The molecule has 2 N–H and O–H groups in total. The van der Waals surface area contributed by atoms with Gasteiger partial charge in [-0.15, -0.1) is 0 Å². The zero-order valence-electron chi connectivity index (χ0n) is 11.4. The van der Waals surface area contributed by atoms with Crippen molar-refractivity contribution in [1.82, 2.24) is 10.6 Å². The summed E-state index contributed by atoms with van der Waals surface area (Å²) in [6, 6.07) is 0.672. The zero-order valence-corrected chi connectivity index (χ0v) is 11.4. The Kier molecular flexibility index (Phi) is 7.25. The molecule has 0 radical (unpaired) electrons. The Bertz CT molecular complexity index is 208. The van der Waals surface area contributed by atoms with Crippen LogP contribution in [-0.4, -0.2) is 25.0 Å². The summed E-state index contributed by atoms with van der Waals surface area (Å²) in [4.78, 5) is 11.4. The fourth-order valence-corrected chi connectivity index (χ4v) is 2.33. The minimum atomic E-state index is 0.0939. The third kappa shape index (κ3) is 6.67. The lowest BCUT2D eigenvalue weighted by molar-refractivity contribution is -0.123. The van der Waals surface area contributed by atoms with Crippen LogP contribution in [0.15, 0.2) is 0 Å². The van der Waals surface area contributed by atoms with Crippen molar-refractivity contribution in [1.29, 1.82) is 0 Å². The van der Waals surface area contributed by atoms with Crippen molar-refractivity contribution in [3.63, 3.8) is 0 Å². The molecule has 0 atom stereocenters. The van der Waals surface area contributed by atoms with Crippen LogP contribution < -0.4 is 10.6 Å². The summed E-state index contributed by atoms with van der Waals surface area (Å²) in [6.45, 7) is 5.52. The molecule has 100 valence electrons. The highest BCUT2D eigenvalue weighted by Gasteiger charge is 2.10. The Morgan fingerprint density at radius 1 is 1.06 bits per heavy atom. The molecule has 1 aliphatic rings. The monoisotopic (exact) mass is 240 g/mol. The van der Waals surface area contributed by atoms with E-state index in [1.165, 1.54) is 44.9 Å². The molecule has 0 unspecified atom stereocenters. The van der Waals surface area contributed by atoms with Crippen LogP contribution in [0.5, 0.6) is 0 Å². The van der Waals surface area contributed by atoms with Crippen LogP contribution in [0.4, 0.5) is 0 Å². The van der Waals surface area contributed by atoms with Gasteiger partial charge in [0.2, 0.25) is 5.91 Å². The third-order valence-corrected chi connectivity index (χ3v) is 3.49. The average molecular weight is 240 g/mol. The number of rotatable bonds is 5. The summed E-state index contributed by atoms with van der Waals surface area (Å²) >= 11 is 0. The number of carbonyl (C=O) groups excluding carboxylic acids is 1. The van der Waals surface area contributed by atoms with Crippen LogP contribution in [0.2, 0.25) is 0 Å². The van der Waals surface area contributed by atoms with E-state index in [1.807, 2.05) is 13.8 Å². The van der Waals surface area contributed by atoms with Gasteiger partial charge in [0, 0.05) is 25.0 Å². The topological polar surface area (TPSA) is 41.1 Å². The summed E-state index contributed by atoms with van der Waals surface area (Å²) in [7, 11) is 0. The fraction of sp³-hybridized carbons (Fsp3) is 0.929. The third-order valence-electron chi connectivity index (χ3n) is 3.49. The van der Waals surface area contributed by atoms with Crippen molar-refractivity contribution in [3.05, 3.63) is 0 Å². The highest BCUT2D eigenvalue weighted by atomic mass is 16.1. The molecular weight excluding hydrogens is 212 g/mol. The van der Waals surface area contributed by atoms with Crippen LogP contribution in [0, 0.1) is 5.92 Å². The van der Waals surface area contributed by atoms with Gasteiger partial charge in [-0.1, -0.05) is 46.0 Å². The predicted octanol–water partition coefficient (Wildman–Crippen LogP) is 2.46. The van der Waals surface area contributed by atoms with Crippen LogP contribution in [0.25, 0.3) is 0 Å². The van der Waals surface area contributed by atoms with Crippen LogP contribution in [0.1, 0.15) is 58.8 Å². The van der Waals surface area contributed by atoms with Crippen LogP contribution in [0.3, 0.4) is 0 Å². The molecule has 1 rings (SSSR count). The maximum absolute atomic E-state index is 11.4. The van der Waals surface area contributed by atoms with Gasteiger partial charge in [0.1, 0.15) is 0 Å². The second-order valence-corrected chi connectivity index (χ2v) is 5.44. The van der Waals surface area contributed by atoms with E-state index in [9.17, 15) is 4.79 Å². The molecule has 3 heteroatoms. The quantitative estimate of drug-likeness (QED) is 0.725. The molecule has 1 aliphatic carbocycles. The van der Waals surface area contributed by atoms with Crippen molar-refractivity contribution < 1.29 is 4.79 Å². The van der Waals surface area contributed by atoms with E-state index in [-0.39, 0.29) is 11.8 Å². The first-order valence-electron chi connectivity index (χ1n) is 7.21. The smallest absolute Gasteiger partial charge is 0.222 e. The first-order valence-corrected chi connectivity index (χ1v) is 7.21. The molecular formula is C14H28N2O. The standard InChI is InChI=1S/C14H28N2O/c1-12(2)14(17)16-11-10-15-13-8-6-4-3-5-7-9-13/h12-13,15H,3-11H2,1-2H3,(H,16,17). The second-order valence-electron chi connectivity index (χ2n) is 5.44. The molecule has 1 fully saturated rings. The minimum absolute atomic E-state index is 0.0939. The Balaban J connectivity index is 2.06. The maximum Gasteiger partial charge on any atom is 0.222 e. The molecule has 0 aromatic heterocycles. The van der Waals surface area contributed by atoms with E-state index < -0.39 is 0 Å². The number of hydrogen-bond acceptors (Lipinski definition) is 2. The van der Waals surface area contributed by atoms with Gasteiger partial charge in [-0.05, 0) is 12.8 Å². The van der Waals surface area contributed by atoms with Gasteiger partial charge < -0.3 is 10.6 Å². The molecule has 1 amide bonds. The van der Waals surface area contributed by atoms with Crippen molar-refractivity contribution >= 4 is 5.91 Å². The lowest BCUT2D eigenvalue weighted by Gasteiger charge is -2.21. The molecule has 0 aliphatic heterocycles. The largest absolute Gasteiger partial charge is 0.355 e. The zero-order chi connectivity index (χ0) is 12.5. The highest BCUT2D eigenvalue weighted by molar-refractivity contribution is 5.77. The maximum atomic E-state index is 11.4. The lowest BCUT2D eigenvalue weighted by atomic mass is 9.97. The normalized spacial score (nSPS) is 18.8. The van der Waals surface area contributed by atoms with E-state index >= 15 is 0 Å². The predicted molar refractivity (Wildman–Crippen MR) is 72.0 cm³/mol. The van der Waals surface area contributed by atoms with E-state index in [0.29, 0.717) is 6.04 Å². The van der Waals surface area contributed by atoms with E-state index in [1.54, 1.807) is 0 Å². The van der Waals surface area contributed by atoms with E-state index in [0.717, 1.165) is 13.1 Å². The number of hydrogen-bond donors (Lipinski definition) is 2. The Labute approximate surface area is 106 Å². The summed E-state index contributed by atoms with van der Waals surface area (Å²) in [5, 5.41) is 6.52. The van der Waals surface area contributed by atoms with Gasteiger partial charge in [-0.2, -0.15) is 0 Å². The molecule has 0 spiro atoms. The molecule has 0 heterocycles. The molecule has 0 bridgehead atoms. The van der Waals surface area contributed by atoms with Gasteiger partial charge in [0.05, 0.1) is 0 Å². The number of amides is 1. The van der Waals surface area contributed by atoms with Crippen LogP contribution in [-0.2, 0) is 4.79 Å². The molecule has 0 saturated heterocycles. The minimum Gasteiger partial charge on any atom is -0.355 e. The SMILES string of the molecule is CC(C)C(=O)NCCNC1CCCCCCC1. The number of nitrogens with one attached hydrogen (secondary N) is 2. The van der Waals surface area contributed by atoms with Gasteiger partial charge in [0.15, 0.2) is 0 Å². The fourth-order valence-electron chi connectivity index (χ4n) is 2.33. The van der Waals surface area contributed by atoms with Gasteiger partial charge in [-0.25, -0.2) is 0 Å². The summed E-state index contributed by atoms with van der Waals surface area (Å²) in [5.41, 5.74) is 0. The molecule has 1 saturated carbocycles. The van der Waals surface area contributed by atoms with Gasteiger partial charge >= 0.3 is 0 Å². The average Bonchev–Trinajstić information content (AvgIpc) is 2.25. The Morgan fingerprint density at radius 2 is 1.65 bits per heavy atom. The lowest BCUT2D eigenvalue weighted by Crippen LogP contribution is -2.38. The summed E-state index contributed by atoms with van der Waals surface area (Å²) < 4.78 is 0. The van der Waals surface area contributed by atoms with E-state index in [4.69, 9.17) is 0 Å². The van der Waals surface area contributed by atoms with E-state index in [2.05, 4.69) is 10.6 Å². The first kappa shape index (κ1) is 14.5. The Morgan fingerprint density at radius 3 is 2.24 bits per heavy atom. The van der Waals surface area contributed by atoms with Crippen molar-refractivity contribution in [2.24, 2.45) is 5.92 Å². The van der Waals surface area contributed by atoms with Crippen LogP contribution >= 0.6 is 0 Å². The highest BCUT2D eigenvalue weighted by Crippen LogP contribution is 2.16. The molecule has 0 aromatic rings. The molecule has 3 nitrogen and oxygen atoms in total. The second kappa shape index (κ2) is 8.51. The Hall–Kier alpha value is -0.570. The summed E-state index contributed by atoms with van der Waals surface area (Å²) in [6.07, 6.45) is 9.52. The van der Waals surface area contributed by atoms with Crippen molar-refractivity contribution in [2.75, 3.05) is 13.1 Å². The molecule has 0 aromatic carbocycles. The van der Waals surface area contributed by atoms with Crippen molar-refractivity contribution in [3.8, 4) is 0 Å². The van der Waals surface area contributed by atoms with Crippen molar-refractivity contribution in [2.45, 2.75) is 64.8 Å². The van der Waals surface area contributed by atoms with Gasteiger partial charge in [-0.3, -0.25) is 4.79 Å². The first-order chi connectivity index (χ1) is 8.20. The molecule has 17 heavy (non-hydrogen) atoms.